The summed E-state index contributed by atoms with van der Waals surface area (Å²) >= 11 is 14.1. The van der Waals surface area contributed by atoms with Crippen LogP contribution in [0, 0.1) is 0 Å². The summed E-state index contributed by atoms with van der Waals surface area (Å²) in [5.74, 6) is 0.591. The third-order valence-electron chi connectivity index (χ3n) is 3.64. The Morgan fingerprint density at radius 2 is 1.77 bits per heavy atom. The van der Waals surface area contributed by atoms with Crippen LogP contribution in [0.5, 0.6) is 17.2 Å². The van der Waals surface area contributed by atoms with Crippen LogP contribution in [0.15, 0.2) is 46.9 Å². The molecule has 31 heavy (non-hydrogen) atoms. The summed E-state index contributed by atoms with van der Waals surface area (Å²) in [7, 11) is 3.06. The molecule has 0 aliphatic heterocycles. The minimum Gasteiger partial charge on any atom is -0.493 e. The molecular formula is C20H19BrClN3O5S. The molecule has 2 amide bonds. The number of carbonyl (C=O) groups is 2. The average Bonchev–Trinajstić information content (AvgIpc) is 2.75. The molecule has 164 valence electrons. The highest BCUT2D eigenvalue weighted by atomic mass is 79.9. The number of hydrazine groups is 1. The smallest absolute Gasteiger partial charge is 0.276 e. The zero-order valence-electron chi connectivity index (χ0n) is 16.5. The molecule has 2 aromatic carbocycles. The first-order valence-corrected chi connectivity index (χ1v) is 10.3. The third kappa shape index (κ3) is 8.08. The summed E-state index contributed by atoms with van der Waals surface area (Å²) in [5, 5.41) is 2.86. The Bertz CT molecular complexity index is 1000. The van der Waals surface area contributed by atoms with E-state index in [0.29, 0.717) is 26.7 Å². The molecule has 11 heteroatoms. The fourth-order valence-electron chi connectivity index (χ4n) is 2.21. The Labute approximate surface area is 198 Å². The minimum atomic E-state index is -0.501. The van der Waals surface area contributed by atoms with Crippen LogP contribution in [0.25, 0.3) is 6.08 Å². The zero-order chi connectivity index (χ0) is 22.8. The van der Waals surface area contributed by atoms with Crippen molar-refractivity contribution in [2.45, 2.75) is 0 Å². The monoisotopic (exact) mass is 527 g/mol. The molecule has 2 aromatic rings. The van der Waals surface area contributed by atoms with Crippen molar-refractivity contribution in [3.63, 3.8) is 0 Å². The van der Waals surface area contributed by atoms with Crippen molar-refractivity contribution in [3.05, 3.63) is 57.5 Å². The Kier molecular flexibility index (Phi) is 9.57. The van der Waals surface area contributed by atoms with Crippen molar-refractivity contribution in [3.8, 4) is 17.2 Å². The average molecular weight is 529 g/mol. The van der Waals surface area contributed by atoms with Crippen molar-refractivity contribution in [1.82, 2.24) is 16.2 Å². The van der Waals surface area contributed by atoms with Crippen LogP contribution >= 0.6 is 39.7 Å². The van der Waals surface area contributed by atoms with Crippen molar-refractivity contribution in [1.29, 1.82) is 0 Å². The topological polar surface area (TPSA) is 97.9 Å². The lowest BCUT2D eigenvalue weighted by Crippen LogP contribution is -2.49. The van der Waals surface area contributed by atoms with Gasteiger partial charge in [-0.2, -0.15) is 0 Å². The lowest BCUT2D eigenvalue weighted by molar-refractivity contribution is -0.123. The Morgan fingerprint density at radius 3 is 2.45 bits per heavy atom. The summed E-state index contributed by atoms with van der Waals surface area (Å²) in [4.78, 5) is 23.8. The summed E-state index contributed by atoms with van der Waals surface area (Å²) in [6.45, 7) is -0.275. The lowest BCUT2D eigenvalue weighted by atomic mass is 10.2. The van der Waals surface area contributed by atoms with E-state index in [1.807, 2.05) is 0 Å². The summed E-state index contributed by atoms with van der Waals surface area (Å²) in [6, 6.07) is 10.1. The molecule has 2 rings (SSSR count). The van der Waals surface area contributed by atoms with E-state index < -0.39 is 11.8 Å². The molecule has 0 spiro atoms. The number of benzene rings is 2. The predicted octanol–water partition coefficient (Wildman–Crippen LogP) is 3.23. The predicted molar refractivity (Wildman–Crippen MR) is 125 cm³/mol. The Morgan fingerprint density at radius 1 is 1.06 bits per heavy atom. The molecule has 0 aliphatic rings. The maximum absolute atomic E-state index is 12.0. The number of carbonyl (C=O) groups excluding carboxylic acids is 2. The molecule has 8 nitrogen and oxygen atoms in total. The molecule has 0 atom stereocenters. The minimum absolute atomic E-state index is 0.0806. The number of methoxy groups -OCH3 is 2. The van der Waals surface area contributed by atoms with Gasteiger partial charge in [0.25, 0.3) is 5.91 Å². The molecule has 0 aromatic heterocycles. The summed E-state index contributed by atoms with van der Waals surface area (Å²) in [6.07, 6.45) is 2.87. The highest BCUT2D eigenvalue weighted by Crippen LogP contribution is 2.28. The largest absolute Gasteiger partial charge is 0.493 e. The lowest BCUT2D eigenvalue weighted by Gasteiger charge is -2.11. The van der Waals surface area contributed by atoms with E-state index in [0.717, 1.165) is 5.56 Å². The molecule has 0 aliphatic carbocycles. The number of nitrogens with one attached hydrogen (secondary N) is 3. The molecule has 0 saturated carbocycles. The molecule has 0 bridgehead atoms. The van der Waals surface area contributed by atoms with Crippen LogP contribution < -0.4 is 30.4 Å². The van der Waals surface area contributed by atoms with E-state index in [2.05, 4.69) is 32.1 Å². The number of thiocarbonyl (C=S) groups is 1. The maximum Gasteiger partial charge on any atom is 0.276 e. The quantitative estimate of drug-likeness (QED) is 0.288. The van der Waals surface area contributed by atoms with E-state index in [1.165, 1.54) is 20.3 Å². The highest BCUT2D eigenvalue weighted by molar-refractivity contribution is 9.10. The van der Waals surface area contributed by atoms with Gasteiger partial charge in [-0.3, -0.25) is 25.8 Å². The van der Waals surface area contributed by atoms with E-state index in [-0.39, 0.29) is 11.7 Å². The van der Waals surface area contributed by atoms with Gasteiger partial charge in [-0.1, -0.05) is 17.7 Å². The van der Waals surface area contributed by atoms with E-state index in [1.54, 1.807) is 42.5 Å². The van der Waals surface area contributed by atoms with Gasteiger partial charge in [-0.05, 0) is 70.1 Å². The van der Waals surface area contributed by atoms with E-state index in [9.17, 15) is 9.59 Å². The molecule has 0 unspecified atom stereocenters. The third-order valence-corrected chi connectivity index (χ3v) is 4.70. The van der Waals surface area contributed by atoms with Crippen molar-refractivity contribution >= 4 is 62.8 Å². The van der Waals surface area contributed by atoms with Crippen LogP contribution in [0.2, 0.25) is 5.02 Å². The van der Waals surface area contributed by atoms with Gasteiger partial charge in [0.15, 0.2) is 23.2 Å². The Balaban J connectivity index is 1.76. The molecular weight excluding hydrogens is 510 g/mol. The van der Waals surface area contributed by atoms with Gasteiger partial charge in [0, 0.05) is 11.1 Å². The number of hydrogen-bond acceptors (Lipinski definition) is 6. The number of hydrogen-bond donors (Lipinski definition) is 3. The van der Waals surface area contributed by atoms with Crippen molar-refractivity contribution < 1.29 is 23.8 Å². The van der Waals surface area contributed by atoms with Crippen molar-refractivity contribution in [2.24, 2.45) is 0 Å². The maximum atomic E-state index is 12.0. The van der Waals surface area contributed by atoms with Crippen molar-refractivity contribution in [2.75, 3.05) is 20.8 Å². The number of amides is 2. The molecule has 0 radical (unpaired) electrons. The van der Waals surface area contributed by atoms with E-state index >= 15 is 0 Å². The van der Waals surface area contributed by atoms with Gasteiger partial charge in [-0.15, -0.1) is 0 Å². The van der Waals surface area contributed by atoms with Crippen LogP contribution in [-0.4, -0.2) is 37.8 Å². The highest BCUT2D eigenvalue weighted by Gasteiger charge is 2.08. The second kappa shape index (κ2) is 12.1. The summed E-state index contributed by atoms with van der Waals surface area (Å²) in [5.41, 5.74) is 5.47. The molecule has 0 fully saturated rings. The van der Waals surface area contributed by atoms with Gasteiger partial charge in [0.1, 0.15) is 5.75 Å². The first-order valence-electron chi connectivity index (χ1n) is 8.70. The van der Waals surface area contributed by atoms with E-state index in [4.69, 9.17) is 38.0 Å². The fourth-order valence-corrected chi connectivity index (χ4v) is 3.16. The number of halogens is 2. The van der Waals surface area contributed by atoms with Gasteiger partial charge in [-0.25, -0.2) is 0 Å². The first-order chi connectivity index (χ1) is 14.8. The van der Waals surface area contributed by atoms with Gasteiger partial charge in [0.05, 0.1) is 18.7 Å². The van der Waals surface area contributed by atoms with Gasteiger partial charge >= 0.3 is 0 Å². The zero-order valence-corrected chi connectivity index (χ0v) is 19.7. The normalized spacial score (nSPS) is 10.3. The Hall–Kier alpha value is -2.82. The summed E-state index contributed by atoms with van der Waals surface area (Å²) < 4.78 is 16.4. The van der Waals surface area contributed by atoms with Gasteiger partial charge < -0.3 is 14.2 Å². The van der Waals surface area contributed by atoms with Crippen LogP contribution in [-0.2, 0) is 9.59 Å². The molecule has 0 saturated heterocycles. The SMILES string of the molecule is COc1ccc(/C=C/C(=O)NC(=S)NNC(=O)COc2ccc(Cl)cc2Br)cc1OC. The molecule has 3 N–H and O–H groups in total. The standard InChI is InChI=1S/C20H19BrClN3O5S/c1-28-16-6-3-12(9-17(16)29-2)4-8-18(26)23-20(31)25-24-19(27)11-30-15-7-5-13(22)10-14(15)21/h3-10H,11H2,1-2H3,(H,24,27)(H2,23,25,26,31)/b8-4+. The number of rotatable bonds is 7. The van der Waals surface area contributed by atoms with Gasteiger partial charge in [0.2, 0.25) is 5.91 Å². The second-order valence-electron chi connectivity index (χ2n) is 5.80. The number of ether oxygens (including phenoxy) is 3. The first kappa shape index (κ1) is 24.4. The van der Waals surface area contributed by atoms with Crippen LogP contribution in [0.4, 0.5) is 0 Å². The second-order valence-corrected chi connectivity index (χ2v) is 7.50. The van der Waals surface area contributed by atoms with Crippen LogP contribution in [0.1, 0.15) is 5.56 Å². The fraction of sp³-hybridized carbons (Fsp3) is 0.150. The van der Waals surface area contributed by atoms with Crippen LogP contribution in [0.3, 0.4) is 0 Å². The molecule has 0 heterocycles.